The molecule has 0 saturated heterocycles. The van der Waals surface area contributed by atoms with Gasteiger partial charge in [0, 0.05) is 12.8 Å². The van der Waals surface area contributed by atoms with Gasteiger partial charge in [-0.1, -0.05) is 393 Å². The highest BCUT2D eigenvalue weighted by molar-refractivity contribution is 5.76. The van der Waals surface area contributed by atoms with E-state index in [4.69, 9.17) is 4.74 Å². The van der Waals surface area contributed by atoms with Crippen molar-refractivity contribution in [2.75, 3.05) is 13.2 Å². The Morgan fingerprint density at radius 3 is 0.772 bits per heavy atom. The highest BCUT2D eigenvalue weighted by Crippen LogP contribution is 2.20. The molecule has 0 heterocycles. The molecule has 0 saturated carbocycles. The van der Waals surface area contributed by atoms with Crippen molar-refractivity contribution in [1.29, 1.82) is 0 Å². The van der Waals surface area contributed by atoms with Gasteiger partial charge in [0.2, 0.25) is 5.91 Å². The molecule has 79 heavy (non-hydrogen) atoms. The molecule has 6 heteroatoms. The van der Waals surface area contributed by atoms with E-state index in [-0.39, 0.29) is 18.5 Å². The van der Waals surface area contributed by atoms with Crippen LogP contribution in [0.5, 0.6) is 0 Å². The average Bonchev–Trinajstić information content (AvgIpc) is 3.45. The number of carbonyl (C=O) groups is 2. The maximum Gasteiger partial charge on any atom is 0.305 e. The van der Waals surface area contributed by atoms with Crippen LogP contribution in [0.2, 0.25) is 0 Å². The van der Waals surface area contributed by atoms with Gasteiger partial charge in [0.15, 0.2) is 0 Å². The summed E-state index contributed by atoms with van der Waals surface area (Å²) in [5.74, 6) is -0.00529. The molecule has 0 radical (unpaired) electrons. The Morgan fingerprint density at radius 1 is 0.304 bits per heavy atom. The fourth-order valence-corrected chi connectivity index (χ4v) is 12.1. The number of nitrogens with one attached hydrogen (secondary N) is 1. The van der Waals surface area contributed by atoms with E-state index < -0.39 is 12.1 Å². The van der Waals surface area contributed by atoms with Crippen molar-refractivity contribution in [3.8, 4) is 0 Å². The standard InChI is InChI=1S/C73H145NO5/c1-3-5-7-9-11-13-15-17-19-20-21-28-31-34-38-41-45-49-53-57-61-65-71(76)70(69-75)74-72(77)66-62-58-54-50-46-42-39-35-32-29-26-24-22-23-25-27-30-33-36-40-44-48-52-56-60-64-68-79-73(78)67-63-59-55-51-47-43-37-18-16-14-12-10-8-6-4-2/h70-71,75-76H,3-69H2,1-2H3,(H,74,77). The first-order chi connectivity index (χ1) is 39.0. The minimum absolute atomic E-state index is 0.0217. The first kappa shape index (κ1) is 77.9. The van der Waals surface area contributed by atoms with E-state index in [1.807, 2.05) is 0 Å². The predicted octanol–water partition coefficient (Wildman–Crippen LogP) is 23.8. The van der Waals surface area contributed by atoms with Crippen LogP contribution in [0.25, 0.3) is 0 Å². The number of ether oxygens (including phenoxy) is 1. The van der Waals surface area contributed by atoms with Crippen LogP contribution in [0.4, 0.5) is 0 Å². The zero-order valence-electron chi connectivity index (χ0n) is 54.2. The molecule has 0 aliphatic carbocycles. The van der Waals surface area contributed by atoms with Gasteiger partial charge in [-0.2, -0.15) is 0 Å². The van der Waals surface area contributed by atoms with E-state index in [2.05, 4.69) is 19.2 Å². The van der Waals surface area contributed by atoms with Crippen LogP contribution in [0, 0.1) is 0 Å². The largest absolute Gasteiger partial charge is 0.466 e. The number of hydrogen-bond acceptors (Lipinski definition) is 5. The second kappa shape index (κ2) is 69.4. The summed E-state index contributed by atoms with van der Waals surface area (Å²) in [4.78, 5) is 24.6. The van der Waals surface area contributed by atoms with E-state index in [9.17, 15) is 19.8 Å². The first-order valence-corrected chi connectivity index (χ1v) is 36.8. The average molecular weight is 1120 g/mol. The second-order valence-electron chi connectivity index (χ2n) is 25.6. The smallest absolute Gasteiger partial charge is 0.305 e. The number of esters is 1. The van der Waals surface area contributed by atoms with Crippen LogP contribution in [-0.2, 0) is 14.3 Å². The summed E-state index contributed by atoms with van der Waals surface area (Å²) in [6, 6.07) is -0.540. The van der Waals surface area contributed by atoms with Gasteiger partial charge in [-0.3, -0.25) is 9.59 Å². The summed E-state index contributed by atoms with van der Waals surface area (Å²) in [7, 11) is 0. The predicted molar refractivity (Wildman–Crippen MR) is 347 cm³/mol. The lowest BCUT2D eigenvalue weighted by molar-refractivity contribution is -0.143. The normalized spacial score (nSPS) is 12.4. The van der Waals surface area contributed by atoms with Gasteiger partial charge in [0.1, 0.15) is 0 Å². The Balaban J connectivity index is 3.34. The zero-order valence-corrected chi connectivity index (χ0v) is 54.2. The van der Waals surface area contributed by atoms with Crippen LogP contribution in [0.1, 0.15) is 431 Å². The fourth-order valence-electron chi connectivity index (χ4n) is 12.1. The lowest BCUT2D eigenvalue weighted by atomic mass is 10.0. The second-order valence-corrected chi connectivity index (χ2v) is 25.6. The molecule has 472 valence electrons. The molecule has 0 aromatic heterocycles. The van der Waals surface area contributed by atoms with E-state index in [0.29, 0.717) is 25.9 Å². The van der Waals surface area contributed by atoms with Crippen molar-refractivity contribution in [2.45, 2.75) is 443 Å². The number of aliphatic hydroxyl groups is 2. The van der Waals surface area contributed by atoms with Gasteiger partial charge >= 0.3 is 5.97 Å². The first-order valence-electron chi connectivity index (χ1n) is 36.8. The quantitative estimate of drug-likeness (QED) is 0.0417. The van der Waals surface area contributed by atoms with Gasteiger partial charge in [0.05, 0.1) is 25.4 Å². The minimum Gasteiger partial charge on any atom is -0.466 e. The van der Waals surface area contributed by atoms with E-state index >= 15 is 0 Å². The van der Waals surface area contributed by atoms with Gasteiger partial charge in [-0.25, -0.2) is 0 Å². The molecule has 0 fully saturated rings. The molecular weight excluding hydrogens is 971 g/mol. The van der Waals surface area contributed by atoms with Crippen LogP contribution in [-0.4, -0.2) is 47.4 Å². The maximum absolute atomic E-state index is 12.6. The topological polar surface area (TPSA) is 95.9 Å². The van der Waals surface area contributed by atoms with Crippen LogP contribution in [0.3, 0.4) is 0 Å². The van der Waals surface area contributed by atoms with Crippen molar-refractivity contribution >= 4 is 11.9 Å². The Hall–Kier alpha value is -1.14. The molecule has 0 aliphatic heterocycles. The number of aliphatic hydroxyl groups excluding tert-OH is 2. The molecule has 0 bridgehead atoms. The number of carbonyl (C=O) groups excluding carboxylic acids is 2. The third-order valence-corrected chi connectivity index (χ3v) is 17.7. The molecule has 3 N–H and O–H groups in total. The molecule has 1 amide bonds. The van der Waals surface area contributed by atoms with E-state index in [0.717, 1.165) is 38.5 Å². The Morgan fingerprint density at radius 2 is 0.519 bits per heavy atom. The Labute approximate surface area is 496 Å². The van der Waals surface area contributed by atoms with Crippen molar-refractivity contribution < 1.29 is 24.5 Å². The van der Waals surface area contributed by atoms with Crippen molar-refractivity contribution in [3.63, 3.8) is 0 Å². The highest BCUT2D eigenvalue weighted by atomic mass is 16.5. The van der Waals surface area contributed by atoms with Crippen LogP contribution >= 0.6 is 0 Å². The number of unbranched alkanes of at least 4 members (excludes halogenated alkanes) is 59. The van der Waals surface area contributed by atoms with Crippen LogP contribution in [0.15, 0.2) is 0 Å². The van der Waals surface area contributed by atoms with Gasteiger partial charge in [-0.15, -0.1) is 0 Å². The minimum atomic E-state index is -0.663. The van der Waals surface area contributed by atoms with Gasteiger partial charge in [-0.05, 0) is 25.7 Å². The monoisotopic (exact) mass is 1120 g/mol. The van der Waals surface area contributed by atoms with E-state index in [1.165, 1.54) is 360 Å². The van der Waals surface area contributed by atoms with Crippen molar-refractivity contribution in [3.05, 3.63) is 0 Å². The summed E-state index contributed by atoms with van der Waals surface area (Å²) >= 11 is 0. The third-order valence-electron chi connectivity index (χ3n) is 17.7. The van der Waals surface area contributed by atoms with Gasteiger partial charge in [0.25, 0.3) is 0 Å². The molecular formula is C73H145NO5. The lowest BCUT2D eigenvalue weighted by Gasteiger charge is -2.22. The Bertz CT molecular complexity index is 1150. The summed E-state index contributed by atoms with van der Waals surface area (Å²) in [6.45, 7) is 5.01. The summed E-state index contributed by atoms with van der Waals surface area (Å²) in [6.07, 6.45) is 84.5. The third kappa shape index (κ3) is 65.9. The van der Waals surface area contributed by atoms with E-state index in [1.54, 1.807) is 0 Å². The van der Waals surface area contributed by atoms with Crippen molar-refractivity contribution in [1.82, 2.24) is 5.32 Å². The summed E-state index contributed by atoms with van der Waals surface area (Å²) in [5.41, 5.74) is 0. The fraction of sp³-hybridized carbons (Fsp3) is 0.973. The zero-order chi connectivity index (χ0) is 57.1. The van der Waals surface area contributed by atoms with Crippen molar-refractivity contribution in [2.24, 2.45) is 0 Å². The highest BCUT2D eigenvalue weighted by Gasteiger charge is 2.20. The molecule has 0 aliphatic rings. The molecule has 6 nitrogen and oxygen atoms in total. The SMILES string of the molecule is CCCCCCCCCCCCCCCCCCCCCCCC(O)C(CO)NC(=O)CCCCCCCCCCCCCCCCCCCCCCCCCCCCOC(=O)CCCCCCCCCCCCCCCCC. The Kier molecular flexibility index (Phi) is 68.4. The molecule has 2 unspecified atom stereocenters. The molecule has 0 aromatic carbocycles. The van der Waals surface area contributed by atoms with Gasteiger partial charge < -0.3 is 20.3 Å². The molecule has 0 rings (SSSR count). The molecule has 0 spiro atoms. The summed E-state index contributed by atoms with van der Waals surface area (Å²) < 4.78 is 5.50. The summed E-state index contributed by atoms with van der Waals surface area (Å²) in [5, 5.41) is 23.4. The number of amides is 1. The molecule has 0 aromatic rings. The maximum atomic E-state index is 12.6. The number of rotatable bonds is 70. The number of hydrogen-bond donors (Lipinski definition) is 3. The molecule has 2 atom stereocenters. The lowest BCUT2D eigenvalue weighted by Crippen LogP contribution is -2.45. The van der Waals surface area contributed by atoms with Crippen LogP contribution < -0.4 is 5.32 Å².